The van der Waals surface area contributed by atoms with Crippen LogP contribution in [0.15, 0.2) is 29.9 Å². The first kappa shape index (κ1) is 18.8. The van der Waals surface area contributed by atoms with Crippen LogP contribution in [0, 0.1) is 13.8 Å². The van der Waals surface area contributed by atoms with Gasteiger partial charge in [-0.3, -0.25) is 4.90 Å². The highest BCUT2D eigenvalue weighted by Crippen LogP contribution is 2.32. The molecule has 6 nitrogen and oxygen atoms in total. The van der Waals surface area contributed by atoms with E-state index in [0.717, 1.165) is 72.0 Å². The third kappa shape index (κ3) is 3.70. The lowest BCUT2D eigenvalue weighted by atomic mass is 10.2. The van der Waals surface area contributed by atoms with Crippen molar-refractivity contribution in [1.82, 2.24) is 24.3 Å². The van der Waals surface area contributed by atoms with Crippen molar-refractivity contribution in [3.05, 3.63) is 52.0 Å². The molecule has 0 atom stereocenters. The molecule has 5 rings (SSSR count). The third-order valence-corrected chi connectivity index (χ3v) is 6.66. The van der Waals surface area contributed by atoms with Crippen molar-refractivity contribution in [2.45, 2.75) is 26.8 Å². The second-order valence-electron chi connectivity index (χ2n) is 7.66. The van der Waals surface area contributed by atoms with Gasteiger partial charge in [-0.1, -0.05) is 11.6 Å². The molecule has 1 fully saturated rings. The Hall–Kier alpha value is -2.22. The molecule has 1 aliphatic rings. The van der Waals surface area contributed by atoms with Crippen molar-refractivity contribution < 1.29 is 0 Å². The molecule has 4 aromatic heterocycles. The second-order valence-corrected chi connectivity index (χ2v) is 8.95. The molecule has 5 heterocycles. The molecular formula is C21H23ClN6S. The number of thiophene rings is 1. The summed E-state index contributed by atoms with van der Waals surface area (Å²) in [6, 6.07) is 3.84. The van der Waals surface area contributed by atoms with Crippen LogP contribution in [-0.4, -0.2) is 50.4 Å². The maximum atomic E-state index is 6.10. The molecular weight excluding hydrogens is 404 g/mol. The summed E-state index contributed by atoms with van der Waals surface area (Å²) in [5.41, 5.74) is 3.28. The van der Waals surface area contributed by atoms with Gasteiger partial charge in [0.05, 0.1) is 16.1 Å². The Kier molecular flexibility index (Phi) is 4.89. The predicted molar refractivity (Wildman–Crippen MR) is 119 cm³/mol. The van der Waals surface area contributed by atoms with Crippen molar-refractivity contribution >= 4 is 44.6 Å². The largest absolute Gasteiger partial charge is 0.355 e. The van der Waals surface area contributed by atoms with Gasteiger partial charge in [0.15, 0.2) is 0 Å². The molecule has 29 heavy (non-hydrogen) atoms. The SMILES string of the molecule is Cc1nc(N2CCCN(Cc3cn4cc(Cl)ccc4n3)CC2)c2c(C)csc2n1. The highest BCUT2D eigenvalue weighted by atomic mass is 35.5. The first-order valence-electron chi connectivity index (χ1n) is 9.90. The molecule has 1 saturated heterocycles. The Labute approximate surface area is 178 Å². The Bertz CT molecular complexity index is 1180. The van der Waals surface area contributed by atoms with Crippen LogP contribution in [0.4, 0.5) is 5.82 Å². The Morgan fingerprint density at radius 3 is 2.83 bits per heavy atom. The second kappa shape index (κ2) is 7.55. The van der Waals surface area contributed by atoms with Crippen LogP contribution in [0.1, 0.15) is 23.5 Å². The zero-order chi connectivity index (χ0) is 20.0. The number of hydrogen-bond donors (Lipinski definition) is 0. The number of halogens is 1. The minimum absolute atomic E-state index is 0.724. The summed E-state index contributed by atoms with van der Waals surface area (Å²) < 4.78 is 2.00. The van der Waals surface area contributed by atoms with Crippen molar-refractivity contribution in [3.8, 4) is 0 Å². The number of aryl methyl sites for hydroxylation is 2. The standard InChI is InChI=1S/C21H23ClN6S/c1-14-13-29-21-19(14)20(23-15(2)24-21)27-7-3-6-26(8-9-27)11-17-12-28-10-16(22)4-5-18(28)25-17/h4-5,10,12-13H,3,6-9,11H2,1-2H3. The van der Waals surface area contributed by atoms with E-state index in [4.69, 9.17) is 21.6 Å². The van der Waals surface area contributed by atoms with Crippen LogP contribution in [0.25, 0.3) is 15.9 Å². The van der Waals surface area contributed by atoms with Crippen molar-refractivity contribution in [2.75, 3.05) is 31.1 Å². The molecule has 0 amide bonds. The van der Waals surface area contributed by atoms with E-state index in [0.29, 0.717) is 0 Å². The number of pyridine rings is 1. The molecule has 1 aliphatic heterocycles. The van der Waals surface area contributed by atoms with Crippen LogP contribution in [-0.2, 0) is 6.54 Å². The zero-order valence-corrected chi connectivity index (χ0v) is 18.2. The number of anilines is 1. The predicted octanol–water partition coefficient (Wildman–Crippen LogP) is 4.32. The van der Waals surface area contributed by atoms with Gasteiger partial charge >= 0.3 is 0 Å². The van der Waals surface area contributed by atoms with Crippen LogP contribution in [0.2, 0.25) is 5.02 Å². The molecule has 0 bridgehead atoms. The highest BCUT2D eigenvalue weighted by molar-refractivity contribution is 7.17. The van der Waals surface area contributed by atoms with Crippen LogP contribution in [0.3, 0.4) is 0 Å². The average molecular weight is 427 g/mol. The Morgan fingerprint density at radius 1 is 1.03 bits per heavy atom. The fourth-order valence-electron chi connectivity index (χ4n) is 4.06. The summed E-state index contributed by atoms with van der Waals surface area (Å²) in [6.07, 6.45) is 5.09. The van der Waals surface area contributed by atoms with E-state index in [1.54, 1.807) is 11.3 Å². The first-order chi connectivity index (χ1) is 14.1. The molecule has 0 saturated carbocycles. The molecule has 0 aromatic carbocycles. The van der Waals surface area contributed by atoms with E-state index in [1.165, 1.54) is 10.9 Å². The molecule has 0 unspecified atom stereocenters. The monoisotopic (exact) mass is 426 g/mol. The minimum Gasteiger partial charge on any atom is -0.355 e. The normalized spacial score (nSPS) is 16.0. The van der Waals surface area contributed by atoms with Gasteiger partial charge in [0.25, 0.3) is 0 Å². The van der Waals surface area contributed by atoms with E-state index < -0.39 is 0 Å². The third-order valence-electron chi connectivity index (χ3n) is 5.45. The topological polar surface area (TPSA) is 49.6 Å². The van der Waals surface area contributed by atoms with Crippen LogP contribution >= 0.6 is 22.9 Å². The van der Waals surface area contributed by atoms with E-state index in [1.807, 2.05) is 29.7 Å². The van der Waals surface area contributed by atoms with Crippen LogP contribution in [0.5, 0.6) is 0 Å². The lowest BCUT2D eigenvalue weighted by molar-refractivity contribution is 0.282. The maximum Gasteiger partial charge on any atom is 0.141 e. The molecule has 0 radical (unpaired) electrons. The van der Waals surface area contributed by atoms with Crippen molar-refractivity contribution in [2.24, 2.45) is 0 Å². The minimum atomic E-state index is 0.724. The van der Waals surface area contributed by atoms with Gasteiger partial charge in [-0.25, -0.2) is 15.0 Å². The lowest BCUT2D eigenvalue weighted by Crippen LogP contribution is -2.31. The molecule has 0 spiro atoms. The number of imidazole rings is 1. The summed E-state index contributed by atoms with van der Waals surface area (Å²) in [7, 11) is 0. The fourth-order valence-corrected chi connectivity index (χ4v) is 5.19. The van der Waals surface area contributed by atoms with E-state index >= 15 is 0 Å². The van der Waals surface area contributed by atoms with Gasteiger partial charge in [0.1, 0.15) is 22.1 Å². The van der Waals surface area contributed by atoms with E-state index in [9.17, 15) is 0 Å². The molecule has 8 heteroatoms. The Morgan fingerprint density at radius 2 is 1.93 bits per heavy atom. The number of aromatic nitrogens is 4. The zero-order valence-electron chi connectivity index (χ0n) is 16.6. The molecule has 150 valence electrons. The van der Waals surface area contributed by atoms with Crippen LogP contribution < -0.4 is 4.90 Å². The quantitative estimate of drug-likeness (QED) is 0.488. The van der Waals surface area contributed by atoms with E-state index in [2.05, 4.69) is 33.3 Å². The molecule has 0 aliphatic carbocycles. The molecule has 4 aromatic rings. The smallest absolute Gasteiger partial charge is 0.141 e. The maximum absolute atomic E-state index is 6.10. The fraction of sp³-hybridized carbons (Fsp3) is 0.381. The van der Waals surface area contributed by atoms with Gasteiger partial charge in [0, 0.05) is 45.1 Å². The highest BCUT2D eigenvalue weighted by Gasteiger charge is 2.21. The van der Waals surface area contributed by atoms with Crippen molar-refractivity contribution in [3.63, 3.8) is 0 Å². The average Bonchev–Trinajstić information content (AvgIpc) is 3.16. The summed E-state index contributed by atoms with van der Waals surface area (Å²) in [4.78, 5) is 20.2. The van der Waals surface area contributed by atoms with Gasteiger partial charge in [-0.05, 0) is 43.3 Å². The Balaban J connectivity index is 1.34. The number of hydrogen-bond acceptors (Lipinski definition) is 6. The van der Waals surface area contributed by atoms with Gasteiger partial charge in [-0.15, -0.1) is 11.3 Å². The number of fused-ring (bicyclic) bond motifs is 2. The van der Waals surface area contributed by atoms with Crippen molar-refractivity contribution in [1.29, 1.82) is 0 Å². The summed E-state index contributed by atoms with van der Waals surface area (Å²) >= 11 is 7.81. The van der Waals surface area contributed by atoms with Gasteiger partial charge in [-0.2, -0.15) is 0 Å². The van der Waals surface area contributed by atoms with Gasteiger partial charge < -0.3 is 9.30 Å². The lowest BCUT2D eigenvalue weighted by Gasteiger charge is -2.23. The number of rotatable bonds is 3. The van der Waals surface area contributed by atoms with E-state index in [-0.39, 0.29) is 0 Å². The molecule has 0 N–H and O–H groups in total. The first-order valence-corrected chi connectivity index (χ1v) is 11.2. The number of nitrogens with zero attached hydrogens (tertiary/aromatic N) is 6. The summed E-state index contributed by atoms with van der Waals surface area (Å²) in [5, 5.41) is 4.12. The van der Waals surface area contributed by atoms with Gasteiger partial charge in [0.2, 0.25) is 0 Å². The summed E-state index contributed by atoms with van der Waals surface area (Å²) in [6.45, 7) is 9.00. The summed E-state index contributed by atoms with van der Waals surface area (Å²) in [5.74, 6) is 1.94.